The van der Waals surface area contributed by atoms with E-state index in [1.165, 1.54) is 18.2 Å². The molecule has 3 N–H and O–H groups in total. The van der Waals surface area contributed by atoms with E-state index in [2.05, 4.69) is 20.9 Å². The highest BCUT2D eigenvalue weighted by Gasteiger charge is 2.21. The van der Waals surface area contributed by atoms with Crippen molar-refractivity contribution in [3.63, 3.8) is 0 Å². The first kappa shape index (κ1) is 18.7. The summed E-state index contributed by atoms with van der Waals surface area (Å²) >= 11 is 0. The number of rotatable bonds is 4. The van der Waals surface area contributed by atoms with Crippen LogP contribution in [-0.4, -0.2) is 55.4 Å². The van der Waals surface area contributed by atoms with Gasteiger partial charge in [-0.15, -0.1) is 0 Å². The van der Waals surface area contributed by atoms with Crippen molar-refractivity contribution in [2.45, 2.75) is 25.8 Å². The molecule has 1 aromatic carbocycles. The first-order valence-electron chi connectivity index (χ1n) is 8.26. The lowest BCUT2D eigenvalue weighted by atomic mass is 10.1. The van der Waals surface area contributed by atoms with Crippen LogP contribution in [0.5, 0.6) is 0 Å². The average molecular weight is 349 g/mol. The number of carbonyl (C=O) groups excluding carboxylic acids is 2. The van der Waals surface area contributed by atoms with E-state index in [0.717, 1.165) is 12.8 Å². The molecular weight excluding hydrogens is 325 g/mol. The van der Waals surface area contributed by atoms with E-state index in [9.17, 15) is 14.0 Å². The number of aliphatic imine (C=N–C) groups is 1. The predicted octanol–water partition coefficient (Wildman–Crippen LogP) is 0.940. The summed E-state index contributed by atoms with van der Waals surface area (Å²) in [5.41, 5.74) is 0.409. The van der Waals surface area contributed by atoms with Crippen LogP contribution in [0.3, 0.4) is 0 Å². The number of hydrogen-bond donors (Lipinski definition) is 3. The van der Waals surface area contributed by atoms with Crippen LogP contribution in [0.25, 0.3) is 0 Å². The molecule has 7 nitrogen and oxygen atoms in total. The number of piperidine rings is 1. The number of hydrogen-bond acceptors (Lipinski definition) is 3. The van der Waals surface area contributed by atoms with Crippen molar-refractivity contribution in [2.75, 3.05) is 32.0 Å². The fourth-order valence-electron chi connectivity index (χ4n) is 2.66. The van der Waals surface area contributed by atoms with Gasteiger partial charge in [0.05, 0.1) is 6.54 Å². The molecule has 1 saturated heterocycles. The van der Waals surface area contributed by atoms with Crippen LogP contribution in [-0.2, 0) is 9.59 Å². The van der Waals surface area contributed by atoms with Crippen molar-refractivity contribution in [1.29, 1.82) is 0 Å². The van der Waals surface area contributed by atoms with Gasteiger partial charge < -0.3 is 20.9 Å². The lowest BCUT2D eigenvalue weighted by Gasteiger charge is -2.32. The summed E-state index contributed by atoms with van der Waals surface area (Å²) in [7, 11) is 1.63. The van der Waals surface area contributed by atoms with Gasteiger partial charge in [0.1, 0.15) is 5.82 Å². The molecule has 0 radical (unpaired) electrons. The third kappa shape index (κ3) is 6.06. The van der Waals surface area contributed by atoms with Gasteiger partial charge in [-0.25, -0.2) is 4.39 Å². The molecule has 25 heavy (non-hydrogen) atoms. The van der Waals surface area contributed by atoms with E-state index in [-0.39, 0.29) is 24.4 Å². The molecule has 1 aliphatic rings. The molecule has 0 unspecified atom stereocenters. The third-order valence-corrected chi connectivity index (χ3v) is 4.03. The number of amides is 2. The summed E-state index contributed by atoms with van der Waals surface area (Å²) in [5.74, 6) is -0.0780. The zero-order valence-corrected chi connectivity index (χ0v) is 14.5. The molecule has 1 aromatic rings. The minimum absolute atomic E-state index is 0.0163. The standard InChI is InChI=1S/C17H24FN5O2/c1-12(24)23-8-6-14(7-9-23)22-17(19-2)20-11-16(25)21-15-5-3-4-13(18)10-15/h3-5,10,14H,6-9,11H2,1-2H3,(H,21,25)(H2,19,20,22). The second-order valence-corrected chi connectivity index (χ2v) is 5.91. The van der Waals surface area contributed by atoms with Gasteiger partial charge in [0.2, 0.25) is 11.8 Å². The molecule has 1 heterocycles. The average Bonchev–Trinajstić information content (AvgIpc) is 2.59. The van der Waals surface area contributed by atoms with E-state index in [1.807, 2.05) is 4.90 Å². The second kappa shape index (κ2) is 9.00. The molecule has 1 aliphatic heterocycles. The highest BCUT2D eigenvalue weighted by molar-refractivity contribution is 5.95. The Bertz CT molecular complexity index is 642. The summed E-state index contributed by atoms with van der Waals surface area (Å²) in [4.78, 5) is 29.2. The molecule has 2 rings (SSSR count). The lowest BCUT2D eigenvalue weighted by molar-refractivity contribution is -0.129. The Morgan fingerprint density at radius 2 is 2.04 bits per heavy atom. The van der Waals surface area contributed by atoms with E-state index in [0.29, 0.717) is 24.7 Å². The Morgan fingerprint density at radius 1 is 1.32 bits per heavy atom. The minimum atomic E-state index is -0.403. The van der Waals surface area contributed by atoms with Crippen molar-refractivity contribution < 1.29 is 14.0 Å². The highest BCUT2D eigenvalue weighted by atomic mass is 19.1. The van der Waals surface area contributed by atoms with Crippen LogP contribution in [0.2, 0.25) is 0 Å². The van der Waals surface area contributed by atoms with Crippen molar-refractivity contribution in [3.8, 4) is 0 Å². The van der Waals surface area contributed by atoms with Crippen LogP contribution in [0.15, 0.2) is 29.3 Å². The molecule has 2 amide bonds. The summed E-state index contributed by atoms with van der Waals surface area (Å²) < 4.78 is 13.1. The Labute approximate surface area is 146 Å². The van der Waals surface area contributed by atoms with E-state index in [1.54, 1.807) is 20.0 Å². The molecule has 0 saturated carbocycles. The van der Waals surface area contributed by atoms with Gasteiger partial charge in [-0.3, -0.25) is 14.6 Å². The maximum atomic E-state index is 13.1. The Hall–Kier alpha value is -2.64. The number of anilines is 1. The van der Waals surface area contributed by atoms with Crippen molar-refractivity contribution in [2.24, 2.45) is 4.99 Å². The number of carbonyl (C=O) groups is 2. The first-order chi connectivity index (χ1) is 12.0. The SMILES string of the molecule is CN=C(NCC(=O)Nc1cccc(F)c1)NC1CCN(C(C)=O)CC1. The fourth-order valence-corrected chi connectivity index (χ4v) is 2.66. The molecule has 8 heteroatoms. The number of guanidine groups is 1. The number of halogens is 1. The number of nitrogens with one attached hydrogen (secondary N) is 3. The fraction of sp³-hybridized carbons (Fsp3) is 0.471. The van der Waals surface area contributed by atoms with Crippen molar-refractivity contribution in [1.82, 2.24) is 15.5 Å². The van der Waals surface area contributed by atoms with Crippen LogP contribution in [0.4, 0.5) is 10.1 Å². The summed E-state index contributed by atoms with van der Waals surface area (Å²) in [5, 5.41) is 8.81. The van der Waals surface area contributed by atoms with Crippen LogP contribution in [0.1, 0.15) is 19.8 Å². The highest BCUT2D eigenvalue weighted by Crippen LogP contribution is 2.10. The molecule has 0 atom stereocenters. The number of nitrogens with zero attached hydrogens (tertiary/aromatic N) is 2. The van der Waals surface area contributed by atoms with Crippen molar-refractivity contribution >= 4 is 23.5 Å². The van der Waals surface area contributed by atoms with Gasteiger partial charge in [0, 0.05) is 38.8 Å². The maximum absolute atomic E-state index is 13.1. The van der Waals surface area contributed by atoms with Gasteiger partial charge >= 0.3 is 0 Å². The van der Waals surface area contributed by atoms with Gasteiger partial charge in [-0.1, -0.05) is 6.07 Å². The van der Waals surface area contributed by atoms with Crippen LogP contribution in [0, 0.1) is 5.82 Å². The molecule has 136 valence electrons. The topological polar surface area (TPSA) is 85.8 Å². The van der Waals surface area contributed by atoms with Gasteiger partial charge in [-0.05, 0) is 31.0 Å². The lowest BCUT2D eigenvalue weighted by Crippen LogP contribution is -2.50. The Kier molecular flexibility index (Phi) is 6.73. The smallest absolute Gasteiger partial charge is 0.243 e. The molecular formula is C17H24FN5O2. The van der Waals surface area contributed by atoms with Gasteiger partial charge in [0.15, 0.2) is 5.96 Å². The zero-order valence-electron chi connectivity index (χ0n) is 14.5. The molecule has 0 aromatic heterocycles. The maximum Gasteiger partial charge on any atom is 0.243 e. The number of likely N-dealkylation sites (tertiary alicyclic amines) is 1. The first-order valence-corrected chi connectivity index (χ1v) is 8.26. The van der Waals surface area contributed by atoms with Crippen molar-refractivity contribution in [3.05, 3.63) is 30.1 Å². The Morgan fingerprint density at radius 3 is 2.64 bits per heavy atom. The monoisotopic (exact) mass is 349 g/mol. The van der Waals surface area contributed by atoms with E-state index in [4.69, 9.17) is 0 Å². The molecule has 0 aliphatic carbocycles. The predicted molar refractivity (Wildman–Crippen MR) is 94.8 cm³/mol. The van der Waals surface area contributed by atoms with E-state index >= 15 is 0 Å². The minimum Gasteiger partial charge on any atom is -0.354 e. The zero-order chi connectivity index (χ0) is 18.2. The largest absolute Gasteiger partial charge is 0.354 e. The van der Waals surface area contributed by atoms with Gasteiger partial charge in [0.25, 0.3) is 0 Å². The number of benzene rings is 1. The quantitative estimate of drug-likeness (QED) is 0.558. The molecule has 1 fully saturated rings. The Balaban J connectivity index is 1.75. The normalized spacial score (nSPS) is 15.6. The molecule has 0 bridgehead atoms. The second-order valence-electron chi connectivity index (χ2n) is 5.91. The summed E-state index contributed by atoms with van der Waals surface area (Å²) in [6, 6.07) is 5.93. The third-order valence-electron chi connectivity index (χ3n) is 4.03. The van der Waals surface area contributed by atoms with Gasteiger partial charge in [-0.2, -0.15) is 0 Å². The van der Waals surface area contributed by atoms with Crippen LogP contribution >= 0.6 is 0 Å². The summed E-state index contributed by atoms with van der Waals surface area (Å²) in [6.07, 6.45) is 1.66. The van der Waals surface area contributed by atoms with E-state index < -0.39 is 5.82 Å². The molecule has 0 spiro atoms. The van der Waals surface area contributed by atoms with Crippen LogP contribution < -0.4 is 16.0 Å². The summed E-state index contributed by atoms with van der Waals surface area (Å²) in [6.45, 7) is 3.02.